The van der Waals surface area contributed by atoms with Gasteiger partial charge in [0.2, 0.25) is 0 Å². The van der Waals surface area contributed by atoms with Crippen molar-refractivity contribution in [3.63, 3.8) is 0 Å². The molecule has 2 N–H and O–H groups in total. The molecule has 0 aliphatic heterocycles. The lowest BCUT2D eigenvalue weighted by atomic mass is 10.1. The van der Waals surface area contributed by atoms with E-state index in [4.69, 9.17) is 17.3 Å². The predicted molar refractivity (Wildman–Crippen MR) is 88.9 cm³/mol. The van der Waals surface area contributed by atoms with Crippen LogP contribution < -0.4 is 10.6 Å². The fourth-order valence-corrected chi connectivity index (χ4v) is 2.51. The number of amides is 1. The van der Waals surface area contributed by atoms with Crippen molar-refractivity contribution in [2.45, 2.75) is 0 Å². The number of anilines is 1. The Bertz CT molecular complexity index is 852. The molecule has 0 saturated heterocycles. The van der Waals surface area contributed by atoms with E-state index in [1.165, 1.54) is 0 Å². The van der Waals surface area contributed by atoms with Crippen LogP contribution in [0.2, 0.25) is 5.02 Å². The van der Waals surface area contributed by atoms with Gasteiger partial charge in [-0.1, -0.05) is 11.6 Å². The summed E-state index contributed by atoms with van der Waals surface area (Å²) in [7, 11) is 3.96. The first kappa shape index (κ1) is 14.4. The van der Waals surface area contributed by atoms with Crippen LogP contribution in [-0.4, -0.2) is 29.8 Å². The second-order valence-corrected chi connectivity index (χ2v) is 5.61. The third-order valence-corrected chi connectivity index (χ3v) is 3.85. The smallest absolute Gasteiger partial charge is 0.250 e. The first-order valence-electron chi connectivity index (χ1n) is 6.73. The van der Waals surface area contributed by atoms with Gasteiger partial charge in [0.15, 0.2) is 0 Å². The van der Waals surface area contributed by atoms with E-state index in [0.29, 0.717) is 21.5 Å². The van der Waals surface area contributed by atoms with Crippen molar-refractivity contribution < 1.29 is 4.79 Å². The fourth-order valence-electron chi connectivity index (χ4n) is 2.31. The van der Waals surface area contributed by atoms with E-state index in [1.54, 1.807) is 23.0 Å². The number of benzene rings is 2. The highest BCUT2D eigenvalue weighted by atomic mass is 35.5. The third kappa shape index (κ3) is 2.40. The Balaban J connectivity index is 2.14. The molecule has 3 rings (SSSR count). The Hall–Kier alpha value is -2.53. The molecule has 0 atom stereocenters. The number of aromatic nitrogens is 2. The van der Waals surface area contributed by atoms with Gasteiger partial charge in [0, 0.05) is 31.4 Å². The number of carbonyl (C=O) groups excluding carboxylic acids is 1. The van der Waals surface area contributed by atoms with Gasteiger partial charge in [-0.2, -0.15) is 5.10 Å². The first-order valence-corrected chi connectivity index (χ1v) is 7.10. The second kappa shape index (κ2) is 5.35. The number of halogens is 1. The van der Waals surface area contributed by atoms with Gasteiger partial charge in [-0.3, -0.25) is 4.79 Å². The molecule has 1 aromatic heterocycles. The minimum absolute atomic E-state index is 0.364. The normalized spacial score (nSPS) is 10.9. The zero-order valence-corrected chi connectivity index (χ0v) is 13.0. The Morgan fingerprint density at radius 3 is 2.45 bits per heavy atom. The van der Waals surface area contributed by atoms with E-state index in [1.807, 2.05) is 43.3 Å². The van der Waals surface area contributed by atoms with Gasteiger partial charge in [-0.25, -0.2) is 4.68 Å². The van der Waals surface area contributed by atoms with Crippen molar-refractivity contribution in [1.82, 2.24) is 9.78 Å². The second-order valence-electron chi connectivity index (χ2n) is 5.21. The molecular weight excluding hydrogens is 300 g/mol. The molecule has 6 heteroatoms. The predicted octanol–water partition coefficient (Wildman–Crippen LogP) is 2.84. The summed E-state index contributed by atoms with van der Waals surface area (Å²) < 4.78 is 1.70. The maximum atomic E-state index is 11.5. The number of primary amides is 1. The number of carbonyl (C=O) groups is 1. The maximum absolute atomic E-state index is 11.5. The van der Waals surface area contributed by atoms with Crippen LogP contribution in [0.15, 0.2) is 42.6 Å². The zero-order chi connectivity index (χ0) is 15.9. The lowest BCUT2D eigenvalue weighted by molar-refractivity contribution is 0.100. The van der Waals surface area contributed by atoms with Gasteiger partial charge in [0.1, 0.15) is 5.52 Å². The molecule has 5 nitrogen and oxygen atoms in total. The van der Waals surface area contributed by atoms with Crippen molar-refractivity contribution in [2.75, 3.05) is 19.0 Å². The first-order chi connectivity index (χ1) is 10.5. The maximum Gasteiger partial charge on any atom is 0.250 e. The molecule has 22 heavy (non-hydrogen) atoms. The molecule has 1 heterocycles. The van der Waals surface area contributed by atoms with Crippen LogP contribution in [0.4, 0.5) is 5.69 Å². The monoisotopic (exact) mass is 314 g/mol. The Labute approximate surface area is 132 Å². The standard InChI is InChI=1S/C16H15ClN4O/c1-20(2)10-3-5-11(6-4-10)21-9-13-14(17)8-7-12(16(18)22)15(13)19-21/h3-9H,1-2H3,(H2,18,22). The van der Waals surface area contributed by atoms with Crippen molar-refractivity contribution >= 4 is 34.1 Å². The van der Waals surface area contributed by atoms with Gasteiger partial charge in [0.25, 0.3) is 5.91 Å². The van der Waals surface area contributed by atoms with Gasteiger partial charge < -0.3 is 10.6 Å². The molecule has 0 aliphatic rings. The molecule has 0 unspecified atom stereocenters. The van der Waals surface area contributed by atoms with Gasteiger partial charge in [-0.05, 0) is 36.4 Å². The number of hydrogen-bond donors (Lipinski definition) is 1. The Kier molecular flexibility index (Phi) is 3.50. The van der Waals surface area contributed by atoms with Gasteiger partial charge in [0.05, 0.1) is 16.3 Å². The van der Waals surface area contributed by atoms with Crippen molar-refractivity contribution in [3.05, 3.63) is 53.2 Å². The van der Waals surface area contributed by atoms with E-state index >= 15 is 0 Å². The van der Waals surface area contributed by atoms with Crippen LogP contribution in [0.5, 0.6) is 0 Å². The number of nitrogens with two attached hydrogens (primary N) is 1. The lowest BCUT2D eigenvalue weighted by Crippen LogP contribution is -2.11. The molecule has 0 bridgehead atoms. The Morgan fingerprint density at radius 2 is 1.86 bits per heavy atom. The molecule has 0 saturated carbocycles. The van der Waals surface area contributed by atoms with Crippen molar-refractivity contribution in [2.24, 2.45) is 5.73 Å². The highest BCUT2D eigenvalue weighted by molar-refractivity contribution is 6.36. The quantitative estimate of drug-likeness (QED) is 0.808. The SMILES string of the molecule is CN(C)c1ccc(-n2cc3c(Cl)ccc(C(N)=O)c3n2)cc1. The van der Waals surface area contributed by atoms with Crippen LogP contribution in [-0.2, 0) is 0 Å². The van der Waals surface area contributed by atoms with Crippen LogP contribution in [0.25, 0.3) is 16.6 Å². The highest BCUT2D eigenvalue weighted by Gasteiger charge is 2.14. The summed E-state index contributed by atoms with van der Waals surface area (Å²) >= 11 is 6.19. The van der Waals surface area contributed by atoms with E-state index in [-0.39, 0.29) is 0 Å². The topological polar surface area (TPSA) is 64.2 Å². The summed E-state index contributed by atoms with van der Waals surface area (Å²) in [6, 6.07) is 11.2. The van der Waals surface area contributed by atoms with Crippen molar-refractivity contribution in [3.8, 4) is 5.69 Å². The van der Waals surface area contributed by atoms with E-state index in [0.717, 1.165) is 11.4 Å². The molecule has 0 aliphatic carbocycles. The van der Waals surface area contributed by atoms with Gasteiger partial charge in [-0.15, -0.1) is 0 Å². The molecule has 0 spiro atoms. The largest absolute Gasteiger partial charge is 0.378 e. The number of rotatable bonds is 3. The van der Waals surface area contributed by atoms with E-state index < -0.39 is 5.91 Å². The van der Waals surface area contributed by atoms with E-state index in [2.05, 4.69) is 5.10 Å². The summed E-state index contributed by atoms with van der Waals surface area (Å²) in [4.78, 5) is 13.5. The highest BCUT2D eigenvalue weighted by Crippen LogP contribution is 2.27. The molecule has 2 aromatic carbocycles. The molecule has 0 radical (unpaired) electrons. The third-order valence-electron chi connectivity index (χ3n) is 3.52. The number of fused-ring (bicyclic) bond motifs is 1. The van der Waals surface area contributed by atoms with Gasteiger partial charge >= 0.3 is 0 Å². The fraction of sp³-hybridized carbons (Fsp3) is 0.125. The number of hydrogen-bond acceptors (Lipinski definition) is 3. The minimum Gasteiger partial charge on any atom is -0.378 e. The summed E-state index contributed by atoms with van der Waals surface area (Å²) in [6.45, 7) is 0. The summed E-state index contributed by atoms with van der Waals surface area (Å²) in [5.41, 5.74) is 8.25. The lowest BCUT2D eigenvalue weighted by Gasteiger charge is -2.12. The number of nitrogens with zero attached hydrogens (tertiary/aromatic N) is 3. The van der Waals surface area contributed by atoms with Crippen LogP contribution in [0.3, 0.4) is 0 Å². The minimum atomic E-state index is -0.519. The molecule has 3 aromatic rings. The van der Waals surface area contributed by atoms with Crippen molar-refractivity contribution in [1.29, 1.82) is 0 Å². The van der Waals surface area contributed by atoms with Crippen LogP contribution in [0.1, 0.15) is 10.4 Å². The Morgan fingerprint density at radius 1 is 1.18 bits per heavy atom. The molecule has 1 amide bonds. The molecule has 112 valence electrons. The van der Waals surface area contributed by atoms with Crippen LogP contribution >= 0.6 is 11.6 Å². The van der Waals surface area contributed by atoms with E-state index in [9.17, 15) is 4.79 Å². The average molecular weight is 315 g/mol. The molecule has 0 fully saturated rings. The molecular formula is C16H15ClN4O. The van der Waals surface area contributed by atoms with Crippen LogP contribution in [0, 0.1) is 0 Å². The zero-order valence-electron chi connectivity index (χ0n) is 12.2. The summed E-state index contributed by atoms with van der Waals surface area (Å²) in [5.74, 6) is -0.519. The average Bonchev–Trinajstić information content (AvgIpc) is 2.93. The summed E-state index contributed by atoms with van der Waals surface area (Å²) in [5, 5.41) is 5.70. The summed E-state index contributed by atoms with van der Waals surface area (Å²) in [6.07, 6.45) is 1.80.